The van der Waals surface area contributed by atoms with Crippen molar-refractivity contribution in [3.05, 3.63) is 18.1 Å². The fraction of sp³-hybridized carbons (Fsp3) is 0.667. The van der Waals surface area contributed by atoms with E-state index >= 15 is 0 Å². The van der Waals surface area contributed by atoms with E-state index in [9.17, 15) is 9.59 Å². The molecule has 3 aliphatic heterocycles. The third-order valence-corrected chi connectivity index (χ3v) is 6.28. The molecule has 4 fully saturated rings. The summed E-state index contributed by atoms with van der Waals surface area (Å²) in [6.45, 7) is 4.85. The van der Waals surface area contributed by atoms with Gasteiger partial charge in [-0.15, -0.1) is 0 Å². The van der Waals surface area contributed by atoms with E-state index in [-0.39, 0.29) is 24.0 Å². The highest BCUT2D eigenvalue weighted by atomic mass is 16.6. The van der Waals surface area contributed by atoms with Gasteiger partial charge >= 0.3 is 6.09 Å². The number of aryl methyl sites for hydroxylation is 1. The molecule has 1 aromatic rings. The van der Waals surface area contributed by atoms with Gasteiger partial charge in [0.15, 0.2) is 5.60 Å². The van der Waals surface area contributed by atoms with Gasteiger partial charge in [-0.05, 0) is 25.8 Å². The predicted molar refractivity (Wildman–Crippen MR) is 92.6 cm³/mol. The number of anilines is 1. The number of fused-ring (bicyclic) bond motifs is 2. The second-order valence-electron chi connectivity index (χ2n) is 7.87. The quantitative estimate of drug-likeness (QED) is 0.779. The molecule has 2 amide bonds. The zero-order valence-electron chi connectivity index (χ0n) is 14.9. The first-order chi connectivity index (χ1) is 12.6. The molecule has 5 rings (SSSR count). The molecule has 0 N–H and O–H groups in total. The standard InChI is InChI=1S/C18H23N5O3/c1-12-19-6-5-15(20-12)22-10-18(11-22)14-9-21(16(24)13-3-2-4-13)7-8-23(14)17(25)26-18/h5-6,13-14H,2-4,7-11H2,1H3. The van der Waals surface area contributed by atoms with Crippen LogP contribution < -0.4 is 4.90 Å². The van der Waals surface area contributed by atoms with E-state index in [1.54, 1.807) is 6.20 Å². The van der Waals surface area contributed by atoms with Crippen LogP contribution in [0.4, 0.5) is 10.6 Å². The number of carbonyl (C=O) groups excluding carboxylic acids is 2. The molecule has 0 bridgehead atoms. The van der Waals surface area contributed by atoms with E-state index in [4.69, 9.17) is 4.74 Å². The maximum Gasteiger partial charge on any atom is 0.411 e. The number of carbonyl (C=O) groups is 2. The molecule has 1 saturated carbocycles. The number of aromatic nitrogens is 2. The van der Waals surface area contributed by atoms with Crippen molar-refractivity contribution in [1.82, 2.24) is 19.8 Å². The first kappa shape index (κ1) is 15.8. The van der Waals surface area contributed by atoms with Crippen LogP contribution in [0.1, 0.15) is 25.1 Å². The molecule has 3 saturated heterocycles. The molecule has 4 heterocycles. The molecule has 1 aliphatic carbocycles. The Balaban J connectivity index is 1.32. The van der Waals surface area contributed by atoms with E-state index in [2.05, 4.69) is 14.9 Å². The lowest BCUT2D eigenvalue weighted by atomic mass is 9.82. The first-order valence-corrected chi connectivity index (χ1v) is 9.39. The third kappa shape index (κ3) is 2.27. The Morgan fingerprint density at radius 1 is 1.31 bits per heavy atom. The topological polar surface area (TPSA) is 78.9 Å². The van der Waals surface area contributed by atoms with Crippen molar-refractivity contribution >= 4 is 17.8 Å². The van der Waals surface area contributed by atoms with Gasteiger partial charge in [-0.3, -0.25) is 9.69 Å². The smallest absolute Gasteiger partial charge is 0.411 e. The van der Waals surface area contributed by atoms with Gasteiger partial charge in [0.05, 0.1) is 19.1 Å². The number of hydrogen-bond acceptors (Lipinski definition) is 6. The van der Waals surface area contributed by atoms with Crippen molar-refractivity contribution in [1.29, 1.82) is 0 Å². The van der Waals surface area contributed by atoms with Gasteiger partial charge in [-0.2, -0.15) is 0 Å². The minimum absolute atomic E-state index is 0.0630. The van der Waals surface area contributed by atoms with Crippen LogP contribution in [0.2, 0.25) is 0 Å². The summed E-state index contributed by atoms with van der Waals surface area (Å²) in [5.74, 6) is 2.03. The number of piperazine rings is 1. The fourth-order valence-electron chi connectivity index (χ4n) is 4.52. The van der Waals surface area contributed by atoms with Crippen LogP contribution in [-0.2, 0) is 9.53 Å². The molecule has 4 aliphatic rings. The lowest BCUT2D eigenvalue weighted by Gasteiger charge is -2.51. The number of nitrogens with zero attached hydrogens (tertiary/aromatic N) is 5. The number of amides is 2. The van der Waals surface area contributed by atoms with E-state index < -0.39 is 5.60 Å². The summed E-state index contributed by atoms with van der Waals surface area (Å²) >= 11 is 0. The molecule has 8 nitrogen and oxygen atoms in total. The summed E-state index contributed by atoms with van der Waals surface area (Å²) in [5, 5.41) is 0. The first-order valence-electron chi connectivity index (χ1n) is 9.39. The third-order valence-electron chi connectivity index (χ3n) is 6.28. The van der Waals surface area contributed by atoms with Gasteiger partial charge in [0.2, 0.25) is 5.91 Å². The SMILES string of the molecule is Cc1nccc(N2CC3(C2)OC(=O)N2CCN(C(=O)C4CCC4)CC23)n1. The van der Waals surface area contributed by atoms with Gasteiger partial charge in [-0.25, -0.2) is 14.8 Å². The molecule has 0 radical (unpaired) electrons. The van der Waals surface area contributed by atoms with Crippen LogP contribution in [0, 0.1) is 12.8 Å². The van der Waals surface area contributed by atoms with E-state index in [1.807, 2.05) is 22.8 Å². The maximum absolute atomic E-state index is 12.6. The second kappa shape index (κ2) is 5.56. The Morgan fingerprint density at radius 2 is 2.12 bits per heavy atom. The summed E-state index contributed by atoms with van der Waals surface area (Å²) < 4.78 is 5.81. The normalized spacial score (nSPS) is 27.0. The van der Waals surface area contributed by atoms with Gasteiger partial charge < -0.3 is 14.5 Å². The average molecular weight is 357 g/mol. The average Bonchev–Trinajstić information content (AvgIpc) is 2.84. The highest BCUT2D eigenvalue weighted by Gasteiger charge is 2.62. The fourth-order valence-corrected chi connectivity index (χ4v) is 4.52. The minimum Gasteiger partial charge on any atom is -0.437 e. The summed E-state index contributed by atoms with van der Waals surface area (Å²) in [6, 6.07) is 1.81. The van der Waals surface area contributed by atoms with Gasteiger partial charge in [0.1, 0.15) is 11.6 Å². The van der Waals surface area contributed by atoms with Crippen LogP contribution in [-0.4, -0.2) is 76.1 Å². The molecule has 8 heteroatoms. The number of rotatable bonds is 2. The van der Waals surface area contributed by atoms with Crippen LogP contribution in [0.5, 0.6) is 0 Å². The van der Waals surface area contributed by atoms with E-state index in [1.165, 1.54) is 0 Å². The van der Waals surface area contributed by atoms with Crippen LogP contribution in [0.3, 0.4) is 0 Å². The lowest BCUT2D eigenvalue weighted by Crippen LogP contribution is -2.72. The van der Waals surface area contributed by atoms with Crippen molar-refractivity contribution in [2.24, 2.45) is 5.92 Å². The molecule has 1 atom stereocenters. The molecule has 138 valence electrons. The van der Waals surface area contributed by atoms with Crippen LogP contribution in [0.15, 0.2) is 12.3 Å². The second-order valence-corrected chi connectivity index (χ2v) is 7.87. The molecule has 0 aromatic carbocycles. The largest absolute Gasteiger partial charge is 0.437 e. The molecule has 1 spiro atoms. The summed E-state index contributed by atoms with van der Waals surface area (Å²) in [5.41, 5.74) is -0.533. The predicted octanol–water partition coefficient (Wildman–Crippen LogP) is 0.807. The minimum atomic E-state index is -0.533. The van der Waals surface area contributed by atoms with Crippen molar-refractivity contribution in [2.75, 3.05) is 37.6 Å². The lowest BCUT2D eigenvalue weighted by molar-refractivity contribution is -0.141. The van der Waals surface area contributed by atoms with Crippen molar-refractivity contribution in [3.63, 3.8) is 0 Å². The van der Waals surface area contributed by atoms with Crippen molar-refractivity contribution in [2.45, 2.75) is 37.8 Å². The Labute approximate surface area is 152 Å². The maximum atomic E-state index is 12.6. The molecular formula is C18H23N5O3. The Morgan fingerprint density at radius 3 is 2.81 bits per heavy atom. The zero-order valence-corrected chi connectivity index (χ0v) is 14.9. The van der Waals surface area contributed by atoms with Crippen LogP contribution in [0.25, 0.3) is 0 Å². The number of ether oxygens (including phenoxy) is 1. The molecular weight excluding hydrogens is 334 g/mol. The van der Waals surface area contributed by atoms with Crippen LogP contribution >= 0.6 is 0 Å². The van der Waals surface area contributed by atoms with E-state index in [0.29, 0.717) is 32.7 Å². The summed E-state index contributed by atoms with van der Waals surface area (Å²) in [6.07, 6.45) is 4.66. The Kier molecular flexibility index (Phi) is 3.39. The van der Waals surface area contributed by atoms with Crippen molar-refractivity contribution < 1.29 is 14.3 Å². The van der Waals surface area contributed by atoms with Gasteiger partial charge in [-0.1, -0.05) is 6.42 Å². The summed E-state index contributed by atoms with van der Waals surface area (Å²) in [4.78, 5) is 39.5. The molecule has 1 unspecified atom stereocenters. The zero-order chi connectivity index (χ0) is 17.9. The Bertz CT molecular complexity index is 759. The Hall–Kier alpha value is -2.38. The molecule has 1 aromatic heterocycles. The van der Waals surface area contributed by atoms with Gasteiger partial charge in [0, 0.05) is 31.7 Å². The molecule has 26 heavy (non-hydrogen) atoms. The van der Waals surface area contributed by atoms with Gasteiger partial charge in [0.25, 0.3) is 0 Å². The van der Waals surface area contributed by atoms with Crippen molar-refractivity contribution in [3.8, 4) is 0 Å². The summed E-state index contributed by atoms with van der Waals surface area (Å²) in [7, 11) is 0. The highest BCUT2D eigenvalue weighted by molar-refractivity contribution is 5.81. The van der Waals surface area contributed by atoms with E-state index in [0.717, 1.165) is 30.9 Å². The highest BCUT2D eigenvalue weighted by Crippen LogP contribution is 2.41. The monoisotopic (exact) mass is 357 g/mol. The number of hydrogen-bond donors (Lipinski definition) is 0.